The highest BCUT2D eigenvalue weighted by molar-refractivity contribution is 5.92. The Balaban J connectivity index is 1.50. The van der Waals surface area contributed by atoms with Crippen LogP contribution in [0.2, 0.25) is 0 Å². The molecular weight excluding hydrogens is 328 g/mol. The maximum absolute atomic E-state index is 12.3. The average Bonchev–Trinajstić information content (AvgIpc) is 3.21. The monoisotopic (exact) mass is 346 g/mol. The summed E-state index contributed by atoms with van der Waals surface area (Å²) < 4.78 is 6.98. The zero-order valence-corrected chi connectivity index (χ0v) is 14.6. The van der Waals surface area contributed by atoms with Gasteiger partial charge in [0.2, 0.25) is 5.91 Å². The molecule has 0 spiro atoms. The van der Waals surface area contributed by atoms with Crippen molar-refractivity contribution in [3.63, 3.8) is 0 Å². The molecule has 6 heteroatoms. The summed E-state index contributed by atoms with van der Waals surface area (Å²) in [4.78, 5) is 12.3. The van der Waals surface area contributed by atoms with E-state index in [0.29, 0.717) is 5.76 Å². The molecule has 0 saturated heterocycles. The first-order valence-corrected chi connectivity index (χ1v) is 8.36. The van der Waals surface area contributed by atoms with Gasteiger partial charge in [0.25, 0.3) is 0 Å². The van der Waals surface area contributed by atoms with Crippen molar-refractivity contribution in [3.05, 3.63) is 71.7 Å². The van der Waals surface area contributed by atoms with Gasteiger partial charge in [-0.05, 0) is 44.2 Å². The smallest absolute Gasteiger partial charge is 0.228 e. The molecule has 2 aromatic heterocycles. The van der Waals surface area contributed by atoms with Gasteiger partial charge in [-0.25, -0.2) is 4.68 Å². The van der Waals surface area contributed by atoms with Crippen LogP contribution in [0.5, 0.6) is 0 Å². The first-order chi connectivity index (χ1) is 12.6. The molecule has 4 rings (SSSR count). The van der Waals surface area contributed by atoms with Crippen molar-refractivity contribution >= 4 is 22.5 Å². The third-order valence-corrected chi connectivity index (χ3v) is 4.39. The van der Waals surface area contributed by atoms with E-state index in [0.717, 1.165) is 33.5 Å². The zero-order valence-electron chi connectivity index (χ0n) is 14.6. The van der Waals surface area contributed by atoms with Crippen LogP contribution in [0.25, 0.3) is 16.6 Å². The van der Waals surface area contributed by atoms with Crippen molar-refractivity contribution in [3.8, 4) is 5.69 Å². The topological polar surface area (TPSA) is 73.0 Å². The number of aryl methyl sites for hydroxylation is 2. The van der Waals surface area contributed by atoms with Gasteiger partial charge in [-0.1, -0.05) is 23.4 Å². The predicted molar refractivity (Wildman–Crippen MR) is 99.4 cm³/mol. The van der Waals surface area contributed by atoms with E-state index in [1.165, 1.54) is 0 Å². The van der Waals surface area contributed by atoms with Gasteiger partial charge in [0, 0.05) is 16.6 Å². The highest BCUT2D eigenvalue weighted by Gasteiger charge is 2.13. The maximum atomic E-state index is 12.3. The van der Waals surface area contributed by atoms with Crippen LogP contribution in [-0.2, 0) is 11.2 Å². The molecule has 0 atom stereocenters. The Morgan fingerprint density at radius 3 is 2.62 bits per heavy atom. The summed E-state index contributed by atoms with van der Waals surface area (Å²) in [6.07, 6.45) is 2.08. The minimum atomic E-state index is -0.100. The number of carbonyl (C=O) groups is 1. The van der Waals surface area contributed by atoms with Crippen molar-refractivity contribution in [1.82, 2.24) is 14.9 Å². The number of hydrogen-bond acceptors (Lipinski definition) is 4. The molecule has 0 radical (unpaired) electrons. The molecule has 2 heterocycles. The number of aromatic nitrogens is 3. The minimum Gasteiger partial charge on any atom is -0.361 e. The lowest BCUT2D eigenvalue weighted by Crippen LogP contribution is -2.15. The molecule has 1 amide bonds. The van der Waals surface area contributed by atoms with Gasteiger partial charge in [0.1, 0.15) is 5.76 Å². The van der Waals surface area contributed by atoms with Crippen LogP contribution in [0.4, 0.5) is 5.69 Å². The van der Waals surface area contributed by atoms with Crippen molar-refractivity contribution in [1.29, 1.82) is 0 Å². The first-order valence-electron chi connectivity index (χ1n) is 8.36. The highest BCUT2D eigenvalue weighted by atomic mass is 16.5. The Hall–Kier alpha value is -3.41. The number of nitrogens with zero attached hydrogens (tertiary/aromatic N) is 3. The van der Waals surface area contributed by atoms with Crippen LogP contribution in [0.15, 0.2) is 59.3 Å². The molecule has 2 aromatic carbocycles. The molecule has 6 nitrogen and oxygen atoms in total. The molecule has 0 bridgehead atoms. The summed E-state index contributed by atoms with van der Waals surface area (Å²) in [6, 6.07) is 15.7. The van der Waals surface area contributed by atoms with E-state index in [1.54, 1.807) is 0 Å². The van der Waals surface area contributed by atoms with Gasteiger partial charge in [-0.2, -0.15) is 5.10 Å². The summed E-state index contributed by atoms with van der Waals surface area (Å²) >= 11 is 0. The fourth-order valence-corrected chi connectivity index (χ4v) is 2.98. The second kappa shape index (κ2) is 6.48. The second-order valence-corrected chi connectivity index (χ2v) is 6.19. The van der Waals surface area contributed by atoms with Gasteiger partial charge in [-0.15, -0.1) is 0 Å². The van der Waals surface area contributed by atoms with Gasteiger partial charge >= 0.3 is 0 Å². The number of benzene rings is 2. The van der Waals surface area contributed by atoms with E-state index in [1.807, 2.05) is 73.3 Å². The Morgan fingerprint density at radius 2 is 1.88 bits per heavy atom. The summed E-state index contributed by atoms with van der Waals surface area (Å²) in [6.45, 7) is 3.65. The van der Waals surface area contributed by atoms with E-state index < -0.39 is 0 Å². The molecule has 0 unspecified atom stereocenters. The van der Waals surface area contributed by atoms with Crippen molar-refractivity contribution < 1.29 is 9.32 Å². The number of nitrogens with one attached hydrogen (secondary N) is 1. The number of rotatable bonds is 4. The number of hydrogen-bond donors (Lipinski definition) is 1. The summed E-state index contributed by atoms with van der Waals surface area (Å²) in [5.41, 5.74) is 4.31. The summed E-state index contributed by atoms with van der Waals surface area (Å²) in [5, 5.41) is 12.3. The minimum absolute atomic E-state index is 0.100. The lowest BCUT2D eigenvalue weighted by Gasteiger charge is -2.07. The summed E-state index contributed by atoms with van der Waals surface area (Å²) in [5.74, 6) is 0.579. The molecule has 0 fully saturated rings. The zero-order chi connectivity index (χ0) is 18.1. The van der Waals surface area contributed by atoms with Gasteiger partial charge in [0.15, 0.2) is 0 Å². The average molecular weight is 346 g/mol. The number of para-hydroxylation sites is 1. The third kappa shape index (κ3) is 2.97. The number of amides is 1. The van der Waals surface area contributed by atoms with Gasteiger partial charge in [0.05, 0.1) is 29.5 Å². The molecule has 0 saturated carbocycles. The highest BCUT2D eigenvalue weighted by Crippen LogP contribution is 2.20. The van der Waals surface area contributed by atoms with Crippen LogP contribution in [-0.4, -0.2) is 20.8 Å². The normalized spacial score (nSPS) is 11.0. The SMILES string of the molecule is Cc1noc(C)c1CC(=O)Nc1ccc(-n2ncc3ccccc32)cc1. The fraction of sp³-hybridized carbons (Fsp3) is 0.150. The van der Waals surface area contributed by atoms with Crippen LogP contribution >= 0.6 is 0 Å². The van der Waals surface area contributed by atoms with Crippen molar-refractivity contribution in [2.75, 3.05) is 5.32 Å². The fourth-order valence-electron chi connectivity index (χ4n) is 2.98. The standard InChI is InChI=1S/C20H18N4O2/c1-13-18(14(2)26-23-13)11-20(25)22-16-7-9-17(10-8-16)24-19-6-4-3-5-15(19)12-21-24/h3-10,12H,11H2,1-2H3,(H,22,25). The van der Waals surface area contributed by atoms with Gasteiger partial charge < -0.3 is 9.84 Å². The maximum Gasteiger partial charge on any atom is 0.228 e. The first kappa shape index (κ1) is 16.1. The number of anilines is 1. The van der Waals surface area contributed by atoms with Crippen LogP contribution < -0.4 is 5.32 Å². The molecule has 1 N–H and O–H groups in total. The molecule has 130 valence electrons. The van der Waals surface area contributed by atoms with E-state index in [2.05, 4.69) is 15.6 Å². The number of fused-ring (bicyclic) bond motifs is 1. The number of carbonyl (C=O) groups excluding carboxylic acids is 1. The molecule has 0 aliphatic heterocycles. The summed E-state index contributed by atoms with van der Waals surface area (Å²) in [7, 11) is 0. The van der Waals surface area contributed by atoms with E-state index in [9.17, 15) is 4.79 Å². The van der Waals surface area contributed by atoms with E-state index in [-0.39, 0.29) is 12.3 Å². The van der Waals surface area contributed by atoms with Gasteiger partial charge in [-0.3, -0.25) is 4.79 Å². The Kier molecular flexibility index (Phi) is 4.01. The predicted octanol–water partition coefficient (Wildman–Crippen LogP) is 3.81. The molecular formula is C20H18N4O2. The van der Waals surface area contributed by atoms with Crippen LogP contribution in [0.1, 0.15) is 17.0 Å². The third-order valence-electron chi connectivity index (χ3n) is 4.39. The molecule has 0 aliphatic carbocycles. The Bertz CT molecular complexity index is 1060. The molecule has 0 aliphatic rings. The second-order valence-electron chi connectivity index (χ2n) is 6.19. The quantitative estimate of drug-likeness (QED) is 0.610. The molecule has 4 aromatic rings. The lowest BCUT2D eigenvalue weighted by molar-refractivity contribution is -0.115. The van der Waals surface area contributed by atoms with E-state index >= 15 is 0 Å². The van der Waals surface area contributed by atoms with Crippen molar-refractivity contribution in [2.45, 2.75) is 20.3 Å². The molecule has 26 heavy (non-hydrogen) atoms. The van der Waals surface area contributed by atoms with Crippen LogP contribution in [0.3, 0.4) is 0 Å². The van der Waals surface area contributed by atoms with Crippen LogP contribution in [0, 0.1) is 13.8 Å². The van der Waals surface area contributed by atoms with E-state index in [4.69, 9.17) is 4.52 Å². The Morgan fingerprint density at radius 1 is 1.12 bits per heavy atom. The largest absolute Gasteiger partial charge is 0.361 e. The lowest BCUT2D eigenvalue weighted by atomic mass is 10.1. The Labute approximate surface area is 150 Å². The van der Waals surface area contributed by atoms with Crippen molar-refractivity contribution in [2.24, 2.45) is 0 Å².